The minimum Gasteiger partial charge on any atom is -0.480 e. The number of carboxylic acid groups (broad SMARTS) is 3. The first-order chi connectivity index (χ1) is 20.8. The Balaban J connectivity index is 0.000000470. The van der Waals surface area contributed by atoms with Crippen LogP contribution >= 0.6 is 0 Å². The van der Waals surface area contributed by atoms with Gasteiger partial charge in [-0.15, -0.1) is 0 Å². The Morgan fingerprint density at radius 1 is 0.682 bits per heavy atom. The SMILES string of the molecule is CC(C)C(=O)CCC(=O)NC1CCN(C=O)CC1.CCN1CCN(CC(=O)O)CCN(CC(=O)O)CCN(CC(=O)O)CC1. The zero-order chi connectivity index (χ0) is 33.1. The van der Waals surface area contributed by atoms with Gasteiger partial charge in [-0.05, 0) is 19.4 Å². The second kappa shape index (κ2) is 21.5. The van der Waals surface area contributed by atoms with Crippen LogP contribution in [0.15, 0.2) is 0 Å². The Bertz CT molecular complexity index is 895. The first-order valence-corrected chi connectivity index (χ1v) is 15.4. The zero-order valence-electron chi connectivity index (χ0n) is 26.5. The molecule has 2 amide bonds. The van der Waals surface area contributed by atoms with Gasteiger partial charge < -0.3 is 30.4 Å². The molecular formula is C29H52N6O9. The second-order valence-electron chi connectivity index (χ2n) is 11.5. The summed E-state index contributed by atoms with van der Waals surface area (Å²) in [5, 5.41) is 30.2. The number of ketones is 1. The van der Waals surface area contributed by atoms with Crippen molar-refractivity contribution in [2.45, 2.75) is 52.5 Å². The normalized spacial score (nSPS) is 18.8. The summed E-state index contributed by atoms with van der Waals surface area (Å²) in [5.41, 5.74) is 0. The number of hydrogen-bond donors (Lipinski definition) is 4. The molecule has 15 nitrogen and oxygen atoms in total. The maximum Gasteiger partial charge on any atom is 0.317 e. The molecule has 2 fully saturated rings. The van der Waals surface area contributed by atoms with E-state index >= 15 is 0 Å². The molecule has 0 radical (unpaired) electrons. The monoisotopic (exact) mass is 628 g/mol. The van der Waals surface area contributed by atoms with E-state index in [2.05, 4.69) is 10.2 Å². The predicted octanol–water partition coefficient (Wildman–Crippen LogP) is -0.790. The molecule has 0 bridgehead atoms. The lowest BCUT2D eigenvalue weighted by Gasteiger charge is -2.32. The number of nitrogens with one attached hydrogen (secondary N) is 1. The van der Waals surface area contributed by atoms with E-state index in [-0.39, 0.29) is 49.7 Å². The van der Waals surface area contributed by atoms with Crippen LogP contribution in [-0.4, -0.2) is 173 Å². The molecule has 0 aromatic carbocycles. The third kappa shape index (κ3) is 17.9. The number of aliphatic carboxylic acids is 3. The van der Waals surface area contributed by atoms with Gasteiger partial charge in [-0.1, -0.05) is 20.8 Å². The number of amides is 2. The summed E-state index contributed by atoms with van der Waals surface area (Å²) in [4.78, 5) is 76.0. The van der Waals surface area contributed by atoms with Gasteiger partial charge in [0, 0.05) is 90.2 Å². The lowest BCUT2D eigenvalue weighted by atomic mass is 10.0. The number of likely N-dealkylation sites (N-methyl/N-ethyl adjacent to an activating group) is 1. The third-order valence-corrected chi connectivity index (χ3v) is 7.74. The molecule has 0 saturated carbocycles. The van der Waals surface area contributed by atoms with Crippen molar-refractivity contribution in [1.29, 1.82) is 0 Å². The van der Waals surface area contributed by atoms with Crippen LogP contribution in [0.25, 0.3) is 0 Å². The van der Waals surface area contributed by atoms with Gasteiger partial charge in [0.25, 0.3) is 0 Å². The standard InChI is InChI=1S/C16H30N4O6.C13H22N2O3/c1-2-17-3-5-18(11-14(21)22)7-9-20(13-16(25)26)10-8-19(6-4-17)12-15(23)24;1-10(2)12(17)3-4-13(18)14-11-5-7-15(9-16)8-6-11/h2-13H2,1H3,(H,21,22)(H,23,24)(H,25,26);9-11H,3-8H2,1-2H3,(H,14,18). The molecule has 0 aromatic rings. The van der Waals surface area contributed by atoms with Crippen molar-refractivity contribution in [3.63, 3.8) is 0 Å². The van der Waals surface area contributed by atoms with Gasteiger partial charge in [0.1, 0.15) is 5.78 Å². The number of nitrogens with zero attached hydrogens (tertiary/aromatic N) is 5. The summed E-state index contributed by atoms with van der Waals surface area (Å²) in [7, 11) is 0. The lowest BCUT2D eigenvalue weighted by Crippen LogP contribution is -2.48. The quantitative estimate of drug-likeness (QED) is 0.186. The van der Waals surface area contributed by atoms with Crippen LogP contribution in [-0.2, 0) is 28.8 Å². The Labute approximate surface area is 260 Å². The van der Waals surface area contributed by atoms with Crippen molar-refractivity contribution < 1.29 is 44.1 Å². The third-order valence-electron chi connectivity index (χ3n) is 7.74. The van der Waals surface area contributed by atoms with Crippen molar-refractivity contribution in [2.75, 3.05) is 91.6 Å². The topological polar surface area (TPSA) is 191 Å². The van der Waals surface area contributed by atoms with Gasteiger partial charge in [-0.2, -0.15) is 0 Å². The van der Waals surface area contributed by atoms with Crippen molar-refractivity contribution >= 4 is 36.0 Å². The van der Waals surface area contributed by atoms with E-state index in [1.54, 1.807) is 9.80 Å². The summed E-state index contributed by atoms with van der Waals surface area (Å²) in [6, 6.07) is 0.142. The highest BCUT2D eigenvalue weighted by Gasteiger charge is 2.21. The number of carbonyl (C=O) groups is 6. The van der Waals surface area contributed by atoms with Crippen molar-refractivity contribution in [3.8, 4) is 0 Å². The Kier molecular flexibility index (Phi) is 19.0. The first-order valence-electron chi connectivity index (χ1n) is 15.4. The van der Waals surface area contributed by atoms with Gasteiger partial charge in [0.05, 0.1) is 19.6 Å². The van der Waals surface area contributed by atoms with E-state index in [4.69, 9.17) is 15.3 Å². The highest BCUT2D eigenvalue weighted by molar-refractivity contribution is 5.86. The number of hydrogen-bond acceptors (Lipinski definition) is 10. The van der Waals surface area contributed by atoms with Gasteiger partial charge in [0.15, 0.2) is 0 Å². The zero-order valence-corrected chi connectivity index (χ0v) is 26.5. The molecule has 4 N–H and O–H groups in total. The van der Waals surface area contributed by atoms with E-state index in [1.807, 2.05) is 30.6 Å². The molecule has 44 heavy (non-hydrogen) atoms. The average molecular weight is 629 g/mol. The van der Waals surface area contributed by atoms with Crippen molar-refractivity contribution in [1.82, 2.24) is 29.8 Å². The molecule has 2 rings (SSSR count). The van der Waals surface area contributed by atoms with Crippen LogP contribution in [0.1, 0.15) is 46.5 Å². The molecule has 15 heteroatoms. The number of likely N-dealkylation sites (tertiary alicyclic amines) is 1. The van der Waals surface area contributed by atoms with Crippen LogP contribution in [0.3, 0.4) is 0 Å². The Morgan fingerprint density at radius 3 is 1.39 bits per heavy atom. The van der Waals surface area contributed by atoms with Crippen molar-refractivity contribution in [3.05, 3.63) is 0 Å². The number of carbonyl (C=O) groups excluding carboxylic acids is 3. The molecule has 2 heterocycles. The maximum absolute atomic E-state index is 11.6. The molecule has 0 atom stereocenters. The first kappa shape index (κ1) is 38.9. The van der Waals surface area contributed by atoms with E-state index in [0.29, 0.717) is 71.9 Å². The smallest absolute Gasteiger partial charge is 0.317 e. The summed E-state index contributed by atoms with van der Waals surface area (Å²) >= 11 is 0. The van der Waals surface area contributed by atoms with Crippen molar-refractivity contribution in [2.24, 2.45) is 5.92 Å². The summed E-state index contributed by atoms with van der Waals surface area (Å²) in [6.07, 6.45) is 3.02. The Morgan fingerprint density at radius 2 is 1.07 bits per heavy atom. The van der Waals surface area contributed by atoms with Gasteiger partial charge in [-0.25, -0.2) is 0 Å². The fourth-order valence-corrected chi connectivity index (χ4v) is 4.92. The molecule has 2 saturated heterocycles. The number of carboxylic acids is 3. The van der Waals surface area contributed by atoms with E-state index < -0.39 is 17.9 Å². The van der Waals surface area contributed by atoms with Gasteiger partial charge in [0.2, 0.25) is 12.3 Å². The predicted molar refractivity (Wildman–Crippen MR) is 162 cm³/mol. The number of Topliss-reactive ketones (excluding diaryl/α,β-unsaturated/α-hetero) is 1. The van der Waals surface area contributed by atoms with Crippen LogP contribution in [0, 0.1) is 5.92 Å². The summed E-state index contributed by atoms with van der Waals surface area (Å²) in [5.74, 6) is -2.71. The van der Waals surface area contributed by atoms with Crippen LogP contribution in [0.5, 0.6) is 0 Å². The van der Waals surface area contributed by atoms with Gasteiger partial charge in [-0.3, -0.25) is 43.5 Å². The minimum atomic E-state index is -0.955. The summed E-state index contributed by atoms with van der Waals surface area (Å²) in [6.45, 7) is 11.8. The molecule has 252 valence electrons. The Hall–Kier alpha value is -3.14. The number of rotatable bonds is 13. The van der Waals surface area contributed by atoms with Crippen LogP contribution in [0.4, 0.5) is 0 Å². The molecule has 0 unspecified atom stereocenters. The fraction of sp³-hybridized carbons (Fsp3) is 0.793. The minimum absolute atomic E-state index is 0.00590. The van der Waals surface area contributed by atoms with E-state index in [0.717, 1.165) is 25.8 Å². The van der Waals surface area contributed by atoms with Gasteiger partial charge >= 0.3 is 17.9 Å². The largest absolute Gasteiger partial charge is 0.480 e. The maximum atomic E-state index is 11.6. The molecular weight excluding hydrogens is 576 g/mol. The highest BCUT2D eigenvalue weighted by Crippen LogP contribution is 2.09. The average Bonchev–Trinajstić information content (AvgIpc) is 2.95. The summed E-state index contributed by atoms with van der Waals surface area (Å²) < 4.78 is 0. The molecule has 0 spiro atoms. The fourth-order valence-electron chi connectivity index (χ4n) is 4.92. The van der Waals surface area contributed by atoms with Crippen LogP contribution < -0.4 is 5.32 Å². The lowest BCUT2D eigenvalue weighted by molar-refractivity contribution is -0.140. The van der Waals surface area contributed by atoms with E-state index in [9.17, 15) is 28.8 Å². The number of piperidine rings is 1. The molecule has 0 aromatic heterocycles. The van der Waals surface area contributed by atoms with E-state index in [1.165, 1.54) is 0 Å². The van der Waals surface area contributed by atoms with Crippen LogP contribution in [0.2, 0.25) is 0 Å². The molecule has 2 aliphatic rings. The second-order valence-corrected chi connectivity index (χ2v) is 11.5. The molecule has 2 aliphatic heterocycles. The highest BCUT2D eigenvalue weighted by atomic mass is 16.4. The molecule has 0 aliphatic carbocycles.